The van der Waals surface area contributed by atoms with Crippen LogP contribution in [-0.2, 0) is 20.5 Å². The number of rotatable bonds is 8. The van der Waals surface area contributed by atoms with Gasteiger partial charge in [-0.15, -0.1) is 0 Å². The number of anilines is 1. The number of alkyl halides is 3. The lowest BCUT2D eigenvalue weighted by molar-refractivity contribution is -0.384. The second-order valence-corrected chi connectivity index (χ2v) is 5.26. The Balaban J connectivity index is 2.73. The molecule has 0 aromatic heterocycles. The predicted molar refractivity (Wildman–Crippen MR) is 85.4 cm³/mol. The van der Waals surface area contributed by atoms with Crippen LogP contribution in [0.1, 0.15) is 25.8 Å². The number of carbonyl (C=O) groups excluding carboxylic acids is 2. The molecule has 0 aliphatic carbocycles. The molecule has 2 N–H and O–H groups in total. The number of hydrogen-bond donors (Lipinski definition) is 2. The lowest BCUT2D eigenvalue weighted by Gasteiger charge is -2.14. The standard InChI is InChI=1S/C15H18F3N3O5/c1-3-6-19-14(23)9(2)26-13(22)8-20-11-5-4-10(15(16,17)18)7-12(11)21(24)25/h4-5,7,9,20H,3,6,8H2,1-2H3,(H,19,23)/t9-/m1/s1. The molecule has 0 heterocycles. The Morgan fingerprint density at radius 2 is 2.00 bits per heavy atom. The van der Waals surface area contributed by atoms with Crippen molar-refractivity contribution in [1.29, 1.82) is 0 Å². The Kier molecular flexibility index (Phi) is 7.35. The zero-order valence-electron chi connectivity index (χ0n) is 14.1. The van der Waals surface area contributed by atoms with Crippen LogP contribution in [0.3, 0.4) is 0 Å². The summed E-state index contributed by atoms with van der Waals surface area (Å²) in [5.41, 5.74) is -2.29. The fourth-order valence-electron chi connectivity index (χ4n) is 1.86. The first-order valence-corrected chi connectivity index (χ1v) is 7.63. The highest BCUT2D eigenvalue weighted by Crippen LogP contribution is 2.34. The fraction of sp³-hybridized carbons (Fsp3) is 0.467. The quantitative estimate of drug-likeness (QED) is 0.409. The van der Waals surface area contributed by atoms with Crippen molar-refractivity contribution in [3.05, 3.63) is 33.9 Å². The number of amides is 1. The van der Waals surface area contributed by atoms with E-state index in [1.807, 2.05) is 6.92 Å². The van der Waals surface area contributed by atoms with Gasteiger partial charge in [-0.2, -0.15) is 13.2 Å². The molecule has 1 atom stereocenters. The molecule has 1 amide bonds. The van der Waals surface area contributed by atoms with Crippen molar-refractivity contribution in [3.63, 3.8) is 0 Å². The summed E-state index contributed by atoms with van der Waals surface area (Å²) < 4.78 is 42.7. The number of halogens is 3. The molecule has 0 aliphatic heterocycles. The minimum absolute atomic E-state index is 0.275. The molecule has 1 aromatic rings. The third kappa shape index (κ3) is 6.22. The van der Waals surface area contributed by atoms with Gasteiger partial charge in [0, 0.05) is 12.6 Å². The Labute approximate surface area is 146 Å². The number of esters is 1. The largest absolute Gasteiger partial charge is 0.451 e. The average molecular weight is 377 g/mol. The summed E-state index contributed by atoms with van der Waals surface area (Å²) in [4.78, 5) is 33.2. The summed E-state index contributed by atoms with van der Waals surface area (Å²) >= 11 is 0. The van der Waals surface area contributed by atoms with Gasteiger partial charge in [-0.3, -0.25) is 19.7 Å². The molecule has 11 heteroatoms. The van der Waals surface area contributed by atoms with Gasteiger partial charge >= 0.3 is 12.1 Å². The normalized spacial score (nSPS) is 12.2. The van der Waals surface area contributed by atoms with E-state index in [4.69, 9.17) is 4.74 Å². The lowest BCUT2D eigenvalue weighted by Crippen LogP contribution is -2.37. The summed E-state index contributed by atoms with van der Waals surface area (Å²) in [6, 6.07) is 1.88. The van der Waals surface area contributed by atoms with E-state index >= 15 is 0 Å². The van der Waals surface area contributed by atoms with Crippen LogP contribution in [0.4, 0.5) is 24.5 Å². The predicted octanol–water partition coefficient (Wildman–Crippen LogP) is 2.48. The molecule has 26 heavy (non-hydrogen) atoms. The summed E-state index contributed by atoms with van der Waals surface area (Å²) in [5, 5.41) is 15.8. The molecule has 0 saturated carbocycles. The number of carbonyl (C=O) groups is 2. The fourth-order valence-corrected chi connectivity index (χ4v) is 1.86. The van der Waals surface area contributed by atoms with Crippen molar-refractivity contribution in [3.8, 4) is 0 Å². The smallest absolute Gasteiger partial charge is 0.416 e. The van der Waals surface area contributed by atoms with Gasteiger partial charge in [-0.25, -0.2) is 0 Å². The Bertz CT molecular complexity index is 679. The number of nitrogens with zero attached hydrogens (tertiary/aromatic N) is 1. The van der Waals surface area contributed by atoms with Crippen LogP contribution in [0.25, 0.3) is 0 Å². The topological polar surface area (TPSA) is 111 Å². The number of benzene rings is 1. The molecule has 0 unspecified atom stereocenters. The van der Waals surface area contributed by atoms with Gasteiger partial charge in [-0.1, -0.05) is 6.92 Å². The molecular formula is C15H18F3N3O5. The van der Waals surface area contributed by atoms with Gasteiger partial charge in [0.2, 0.25) is 0 Å². The monoisotopic (exact) mass is 377 g/mol. The minimum atomic E-state index is -4.73. The van der Waals surface area contributed by atoms with Crippen molar-refractivity contribution in [1.82, 2.24) is 5.32 Å². The SMILES string of the molecule is CCCNC(=O)[C@@H](C)OC(=O)CNc1ccc(C(F)(F)F)cc1[N+](=O)[O-]. The first kappa shape index (κ1) is 21.2. The summed E-state index contributed by atoms with van der Waals surface area (Å²) in [7, 11) is 0. The van der Waals surface area contributed by atoms with Crippen LogP contribution >= 0.6 is 0 Å². The minimum Gasteiger partial charge on any atom is -0.451 e. The van der Waals surface area contributed by atoms with Gasteiger partial charge in [0.25, 0.3) is 11.6 Å². The van der Waals surface area contributed by atoms with Crippen LogP contribution in [0.15, 0.2) is 18.2 Å². The third-order valence-electron chi connectivity index (χ3n) is 3.17. The summed E-state index contributed by atoms with van der Waals surface area (Å²) in [6.07, 6.45) is -5.10. The Morgan fingerprint density at radius 1 is 1.35 bits per heavy atom. The Morgan fingerprint density at radius 3 is 2.54 bits per heavy atom. The molecule has 0 radical (unpaired) electrons. The molecule has 0 spiro atoms. The zero-order valence-corrected chi connectivity index (χ0v) is 14.1. The van der Waals surface area contributed by atoms with E-state index in [1.165, 1.54) is 6.92 Å². The van der Waals surface area contributed by atoms with E-state index in [0.29, 0.717) is 25.1 Å². The van der Waals surface area contributed by atoms with Crippen LogP contribution in [0, 0.1) is 10.1 Å². The molecule has 0 bridgehead atoms. The molecule has 0 aliphatic rings. The second kappa shape index (κ2) is 9.02. The molecular weight excluding hydrogens is 359 g/mol. The highest BCUT2D eigenvalue weighted by molar-refractivity contribution is 5.84. The van der Waals surface area contributed by atoms with Crippen LogP contribution in [0.5, 0.6) is 0 Å². The van der Waals surface area contributed by atoms with Gasteiger partial charge in [0.1, 0.15) is 12.2 Å². The van der Waals surface area contributed by atoms with Crippen molar-refractivity contribution in [2.75, 3.05) is 18.4 Å². The van der Waals surface area contributed by atoms with Gasteiger partial charge in [0.05, 0.1) is 10.5 Å². The van der Waals surface area contributed by atoms with Crippen molar-refractivity contribution < 1.29 is 32.4 Å². The zero-order chi connectivity index (χ0) is 19.9. The molecule has 8 nitrogen and oxygen atoms in total. The second-order valence-electron chi connectivity index (χ2n) is 5.26. The molecule has 1 aromatic carbocycles. The maximum Gasteiger partial charge on any atom is 0.416 e. The number of nitrogens with one attached hydrogen (secondary N) is 2. The number of ether oxygens (including phenoxy) is 1. The van der Waals surface area contributed by atoms with E-state index in [-0.39, 0.29) is 5.69 Å². The summed E-state index contributed by atoms with van der Waals surface area (Å²) in [5.74, 6) is -1.39. The van der Waals surface area contributed by atoms with Crippen molar-refractivity contribution in [2.24, 2.45) is 0 Å². The number of nitro benzene ring substituents is 1. The summed E-state index contributed by atoms with van der Waals surface area (Å²) in [6.45, 7) is 3.05. The number of hydrogen-bond acceptors (Lipinski definition) is 6. The van der Waals surface area contributed by atoms with Gasteiger partial charge in [0.15, 0.2) is 6.10 Å². The van der Waals surface area contributed by atoms with E-state index in [2.05, 4.69) is 10.6 Å². The van der Waals surface area contributed by atoms with Crippen LogP contribution < -0.4 is 10.6 Å². The molecule has 0 fully saturated rings. The molecule has 0 saturated heterocycles. The highest BCUT2D eigenvalue weighted by Gasteiger charge is 2.33. The highest BCUT2D eigenvalue weighted by atomic mass is 19.4. The van der Waals surface area contributed by atoms with Crippen LogP contribution in [-0.4, -0.2) is 36.0 Å². The first-order valence-electron chi connectivity index (χ1n) is 7.63. The molecule has 1 rings (SSSR count). The van der Waals surface area contributed by atoms with Gasteiger partial charge in [-0.05, 0) is 25.5 Å². The lowest BCUT2D eigenvalue weighted by atomic mass is 10.1. The van der Waals surface area contributed by atoms with E-state index < -0.39 is 46.9 Å². The first-order chi connectivity index (χ1) is 12.1. The maximum atomic E-state index is 12.6. The van der Waals surface area contributed by atoms with Crippen molar-refractivity contribution >= 4 is 23.3 Å². The van der Waals surface area contributed by atoms with Crippen molar-refractivity contribution in [2.45, 2.75) is 32.5 Å². The third-order valence-corrected chi connectivity index (χ3v) is 3.17. The van der Waals surface area contributed by atoms with Crippen LogP contribution in [0.2, 0.25) is 0 Å². The Hall–Kier alpha value is -2.85. The number of nitro groups is 1. The maximum absolute atomic E-state index is 12.6. The van der Waals surface area contributed by atoms with Gasteiger partial charge < -0.3 is 15.4 Å². The molecule has 144 valence electrons. The van der Waals surface area contributed by atoms with E-state index in [0.717, 1.165) is 6.07 Å². The van der Waals surface area contributed by atoms with E-state index in [9.17, 15) is 32.9 Å². The average Bonchev–Trinajstić information content (AvgIpc) is 2.56. The van der Waals surface area contributed by atoms with E-state index in [1.54, 1.807) is 0 Å².